The zero-order chi connectivity index (χ0) is 13.1. The summed E-state index contributed by atoms with van der Waals surface area (Å²) in [5.41, 5.74) is 1.26. The highest BCUT2D eigenvalue weighted by molar-refractivity contribution is 5.29. The molecule has 0 heterocycles. The summed E-state index contributed by atoms with van der Waals surface area (Å²) >= 11 is 0. The fourth-order valence-corrected chi connectivity index (χ4v) is 2.67. The minimum atomic E-state index is -0.304. The molecule has 19 heavy (non-hydrogen) atoms. The van der Waals surface area contributed by atoms with E-state index in [9.17, 15) is 5.11 Å². The smallest absolute Gasteiger partial charge is 0.124 e. The number of rotatable bonds is 5. The summed E-state index contributed by atoms with van der Waals surface area (Å²) in [5, 5.41) is 13.5. The summed E-state index contributed by atoms with van der Waals surface area (Å²) in [4.78, 5) is 0. The highest BCUT2D eigenvalue weighted by atomic mass is 16.5. The SMILES string of the molecule is OC1CCCCC1Oc1cccc(CNC2CC2)c1. The molecule has 3 nitrogen and oxygen atoms in total. The second-order valence-electron chi connectivity index (χ2n) is 5.81. The zero-order valence-electron chi connectivity index (χ0n) is 11.3. The van der Waals surface area contributed by atoms with Gasteiger partial charge in [-0.25, -0.2) is 0 Å². The van der Waals surface area contributed by atoms with E-state index in [4.69, 9.17) is 4.74 Å². The minimum Gasteiger partial charge on any atom is -0.488 e. The van der Waals surface area contributed by atoms with E-state index in [-0.39, 0.29) is 12.2 Å². The van der Waals surface area contributed by atoms with E-state index >= 15 is 0 Å². The van der Waals surface area contributed by atoms with Crippen LogP contribution >= 0.6 is 0 Å². The van der Waals surface area contributed by atoms with Crippen LogP contribution in [0.2, 0.25) is 0 Å². The van der Waals surface area contributed by atoms with Gasteiger partial charge in [-0.05, 0) is 49.8 Å². The monoisotopic (exact) mass is 261 g/mol. The molecule has 0 radical (unpaired) electrons. The summed E-state index contributed by atoms with van der Waals surface area (Å²) in [6.45, 7) is 0.912. The summed E-state index contributed by atoms with van der Waals surface area (Å²) in [6.07, 6.45) is 6.40. The molecule has 2 fully saturated rings. The van der Waals surface area contributed by atoms with Gasteiger partial charge in [0, 0.05) is 12.6 Å². The third kappa shape index (κ3) is 3.71. The van der Waals surface area contributed by atoms with E-state index < -0.39 is 0 Å². The van der Waals surface area contributed by atoms with Crippen molar-refractivity contribution in [2.45, 2.75) is 63.3 Å². The van der Waals surface area contributed by atoms with Crippen molar-refractivity contribution in [1.29, 1.82) is 0 Å². The second-order valence-corrected chi connectivity index (χ2v) is 5.81. The average Bonchev–Trinajstić information content (AvgIpc) is 3.24. The number of hydrogen-bond donors (Lipinski definition) is 2. The number of benzene rings is 1. The third-order valence-corrected chi connectivity index (χ3v) is 4.03. The number of aliphatic hydroxyl groups excluding tert-OH is 1. The number of hydrogen-bond acceptors (Lipinski definition) is 3. The molecular formula is C16H23NO2. The molecule has 3 rings (SSSR count). The molecule has 2 atom stereocenters. The van der Waals surface area contributed by atoms with Gasteiger partial charge in [0.15, 0.2) is 0 Å². The van der Waals surface area contributed by atoms with Crippen LogP contribution in [0.3, 0.4) is 0 Å². The zero-order valence-corrected chi connectivity index (χ0v) is 11.3. The van der Waals surface area contributed by atoms with Crippen molar-refractivity contribution < 1.29 is 9.84 Å². The quantitative estimate of drug-likeness (QED) is 0.856. The van der Waals surface area contributed by atoms with Crippen LogP contribution in [0.15, 0.2) is 24.3 Å². The van der Waals surface area contributed by atoms with E-state index in [1.165, 1.54) is 18.4 Å². The molecule has 0 aliphatic heterocycles. The molecule has 2 unspecified atom stereocenters. The van der Waals surface area contributed by atoms with Gasteiger partial charge in [-0.3, -0.25) is 0 Å². The molecule has 2 N–H and O–H groups in total. The van der Waals surface area contributed by atoms with Crippen LogP contribution in [0.1, 0.15) is 44.1 Å². The standard InChI is InChI=1S/C16H23NO2/c18-15-6-1-2-7-16(15)19-14-5-3-4-12(10-14)11-17-13-8-9-13/h3-5,10,13,15-18H,1-2,6-9,11H2. The van der Waals surface area contributed by atoms with E-state index in [0.717, 1.165) is 44.0 Å². The number of aliphatic hydroxyl groups is 1. The first-order chi connectivity index (χ1) is 9.31. The summed E-state index contributed by atoms with van der Waals surface area (Å²) in [7, 11) is 0. The lowest BCUT2D eigenvalue weighted by molar-refractivity contribution is 0.00683. The Balaban J connectivity index is 1.58. The van der Waals surface area contributed by atoms with Gasteiger partial charge in [-0.2, -0.15) is 0 Å². The summed E-state index contributed by atoms with van der Waals surface area (Å²) in [6, 6.07) is 8.97. The Morgan fingerprint density at radius 3 is 2.79 bits per heavy atom. The Morgan fingerprint density at radius 1 is 1.16 bits per heavy atom. The molecule has 0 spiro atoms. The molecule has 0 saturated heterocycles. The van der Waals surface area contributed by atoms with Crippen LogP contribution in [0.4, 0.5) is 0 Å². The molecule has 104 valence electrons. The van der Waals surface area contributed by atoms with Gasteiger partial charge in [0.1, 0.15) is 11.9 Å². The van der Waals surface area contributed by atoms with Crippen molar-refractivity contribution in [2.24, 2.45) is 0 Å². The Kier molecular flexibility index (Phi) is 4.04. The van der Waals surface area contributed by atoms with Gasteiger partial charge < -0.3 is 15.2 Å². The minimum absolute atomic E-state index is 0.0274. The molecule has 2 saturated carbocycles. The Hall–Kier alpha value is -1.06. The summed E-state index contributed by atoms with van der Waals surface area (Å²) in [5.74, 6) is 0.890. The molecule has 3 heteroatoms. The Morgan fingerprint density at radius 2 is 2.00 bits per heavy atom. The van der Waals surface area contributed by atoms with Crippen LogP contribution in [0.5, 0.6) is 5.75 Å². The van der Waals surface area contributed by atoms with Crippen molar-refractivity contribution in [3.05, 3.63) is 29.8 Å². The van der Waals surface area contributed by atoms with E-state index in [1.54, 1.807) is 0 Å². The van der Waals surface area contributed by atoms with Crippen molar-refractivity contribution in [3.8, 4) is 5.75 Å². The van der Waals surface area contributed by atoms with Crippen molar-refractivity contribution in [2.75, 3.05) is 0 Å². The largest absolute Gasteiger partial charge is 0.488 e. The molecule has 2 aliphatic carbocycles. The fourth-order valence-electron chi connectivity index (χ4n) is 2.67. The van der Waals surface area contributed by atoms with Crippen molar-refractivity contribution >= 4 is 0 Å². The highest BCUT2D eigenvalue weighted by Crippen LogP contribution is 2.25. The van der Waals surface area contributed by atoms with Gasteiger partial charge in [-0.15, -0.1) is 0 Å². The predicted octanol–water partition coefficient (Wildman–Crippen LogP) is 2.62. The van der Waals surface area contributed by atoms with Gasteiger partial charge in [0.25, 0.3) is 0 Å². The van der Waals surface area contributed by atoms with E-state index in [1.807, 2.05) is 12.1 Å². The van der Waals surface area contributed by atoms with Crippen LogP contribution in [0, 0.1) is 0 Å². The maximum atomic E-state index is 9.95. The Bertz CT molecular complexity index is 417. The maximum absolute atomic E-state index is 9.95. The van der Waals surface area contributed by atoms with Crippen LogP contribution in [-0.4, -0.2) is 23.4 Å². The van der Waals surface area contributed by atoms with Crippen molar-refractivity contribution in [1.82, 2.24) is 5.32 Å². The van der Waals surface area contributed by atoms with Crippen LogP contribution in [-0.2, 0) is 6.54 Å². The topological polar surface area (TPSA) is 41.5 Å². The molecule has 0 bridgehead atoms. The van der Waals surface area contributed by atoms with E-state index in [0.29, 0.717) is 0 Å². The normalized spacial score (nSPS) is 27.2. The first-order valence-electron chi connectivity index (χ1n) is 7.48. The van der Waals surface area contributed by atoms with Crippen LogP contribution in [0.25, 0.3) is 0 Å². The fraction of sp³-hybridized carbons (Fsp3) is 0.625. The van der Waals surface area contributed by atoms with Gasteiger partial charge in [-0.1, -0.05) is 18.6 Å². The molecule has 0 amide bonds. The maximum Gasteiger partial charge on any atom is 0.124 e. The van der Waals surface area contributed by atoms with Gasteiger partial charge in [0.05, 0.1) is 6.10 Å². The lowest BCUT2D eigenvalue weighted by Gasteiger charge is -2.28. The van der Waals surface area contributed by atoms with Gasteiger partial charge >= 0.3 is 0 Å². The lowest BCUT2D eigenvalue weighted by Crippen LogP contribution is -2.34. The Labute approximate surface area is 115 Å². The molecule has 1 aromatic carbocycles. The second kappa shape index (κ2) is 5.93. The molecule has 0 aromatic heterocycles. The lowest BCUT2D eigenvalue weighted by atomic mass is 9.95. The molecular weight excluding hydrogens is 238 g/mol. The average molecular weight is 261 g/mol. The predicted molar refractivity (Wildman–Crippen MR) is 75.2 cm³/mol. The molecule has 1 aromatic rings. The van der Waals surface area contributed by atoms with Crippen LogP contribution < -0.4 is 10.1 Å². The van der Waals surface area contributed by atoms with E-state index in [2.05, 4.69) is 17.4 Å². The number of nitrogens with one attached hydrogen (secondary N) is 1. The molecule has 2 aliphatic rings. The van der Waals surface area contributed by atoms with Crippen molar-refractivity contribution in [3.63, 3.8) is 0 Å². The first-order valence-corrected chi connectivity index (χ1v) is 7.48. The highest BCUT2D eigenvalue weighted by Gasteiger charge is 2.24. The van der Waals surface area contributed by atoms with Gasteiger partial charge in [0.2, 0.25) is 0 Å². The summed E-state index contributed by atoms with van der Waals surface area (Å²) < 4.78 is 5.95. The first kappa shape index (κ1) is 12.9. The number of ether oxygens (including phenoxy) is 1. The third-order valence-electron chi connectivity index (χ3n) is 4.03.